The summed E-state index contributed by atoms with van der Waals surface area (Å²) in [6, 6.07) is 6.39. The Kier molecular flexibility index (Phi) is 4.72. The third-order valence-corrected chi connectivity index (χ3v) is 4.27. The second kappa shape index (κ2) is 5.69. The Morgan fingerprint density at radius 3 is 2.00 bits per heavy atom. The monoisotopic (exact) mass is 271 g/mol. The van der Waals surface area contributed by atoms with E-state index in [1.807, 2.05) is 0 Å². The zero-order chi connectivity index (χ0) is 13.8. The summed E-state index contributed by atoms with van der Waals surface area (Å²) in [5.41, 5.74) is 6.49. The molecule has 0 saturated heterocycles. The van der Waals surface area contributed by atoms with Gasteiger partial charge in [-0.15, -0.1) is 0 Å². The van der Waals surface area contributed by atoms with Gasteiger partial charge < -0.3 is 11.1 Å². The number of primary sulfonamides is 1. The van der Waals surface area contributed by atoms with Gasteiger partial charge in [0, 0.05) is 17.8 Å². The lowest BCUT2D eigenvalue weighted by atomic mass is 9.92. The van der Waals surface area contributed by atoms with Crippen LogP contribution in [0.25, 0.3) is 0 Å². The van der Waals surface area contributed by atoms with Crippen LogP contribution in [0.3, 0.4) is 0 Å². The molecular weight excluding hydrogens is 250 g/mol. The van der Waals surface area contributed by atoms with E-state index in [9.17, 15) is 8.42 Å². The summed E-state index contributed by atoms with van der Waals surface area (Å²) in [7, 11) is -3.63. The fraction of sp³-hybridized carbons (Fsp3) is 0.500. The van der Waals surface area contributed by atoms with Crippen molar-refractivity contribution < 1.29 is 8.42 Å². The summed E-state index contributed by atoms with van der Waals surface area (Å²) in [6.07, 6.45) is 1.80. The van der Waals surface area contributed by atoms with Crippen molar-refractivity contribution >= 4 is 15.7 Å². The molecule has 0 radical (unpaired) electrons. The summed E-state index contributed by atoms with van der Waals surface area (Å²) < 4.78 is 22.3. The minimum absolute atomic E-state index is 0.111. The van der Waals surface area contributed by atoms with E-state index in [0.29, 0.717) is 6.54 Å². The molecule has 5 nitrogen and oxygen atoms in total. The van der Waals surface area contributed by atoms with E-state index < -0.39 is 10.0 Å². The molecule has 6 heteroatoms. The summed E-state index contributed by atoms with van der Waals surface area (Å²) in [5.74, 6) is 0. The lowest BCUT2D eigenvalue weighted by molar-refractivity contribution is 0.445. The molecule has 0 atom stereocenters. The van der Waals surface area contributed by atoms with Gasteiger partial charge in [0.15, 0.2) is 0 Å². The molecule has 5 N–H and O–H groups in total. The highest BCUT2D eigenvalue weighted by Crippen LogP contribution is 2.22. The average Bonchev–Trinajstić information content (AvgIpc) is 2.36. The first kappa shape index (κ1) is 14.9. The Morgan fingerprint density at radius 2 is 1.67 bits per heavy atom. The lowest BCUT2D eigenvalue weighted by Crippen LogP contribution is -2.44. The maximum atomic E-state index is 11.1. The molecule has 1 rings (SSSR count). The number of benzene rings is 1. The van der Waals surface area contributed by atoms with Gasteiger partial charge in [-0.1, -0.05) is 13.8 Å². The number of sulfonamides is 1. The molecule has 18 heavy (non-hydrogen) atoms. The number of hydrogen-bond acceptors (Lipinski definition) is 4. The Hall–Kier alpha value is -1.11. The molecule has 0 bridgehead atoms. The molecule has 0 aliphatic carbocycles. The first-order valence-electron chi connectivity index (χ1n) is 5.98. The van der Waals surface area contributed by atoms with E-state index in [-0.39, 0.29) is 10.4 Å². The maximum absolute atomic E-state index is 11.1. The van der Waals surface area contributed by atoms with Crippen LogP contribution in [-0.4, -0.2) is 20.5 Å². The van der Waals surface area contributed by atoms with Gasteiger partial charge in [0.1, 0.15) is 0 Å². The smallest absolute Gasteiger partial charge is 0.238 e. The zero-order valence-electron chi connectivity index (χ0n) is 10.8. The highest BCUT2D eigenvalue weighted by Gasteiger charge is 2.23. The van der Waals surface area contributed by atoms with Crippen LogP contribution in [0.1, 0.15) is 26.7 Å². The molecule has 0 aliphatic heterocycles. The van der Waals surface area contributed by atoms with Gasteiger partial charge in [0.25, 0.3) is 0 Å². The van der Waals surface area contributed by atoms with Crippen molar-refractivity contribution in [1.29, 1.82) is 0 Å². The predicted octanol–water partition coefficient (Wildman–Crippen LogP) is 1.26. The summed E-state index contributed by atoms with van der Waals surface area (Å²) in [5, 5.41) is 8.40. The van der Waals surface area contributed by atoms with Gasteiger partial charge in [0.05, 0.1) is 4.90 Å². The number of nitrogens with one attached hydrogen (secondary N) is 1. The minimum Gasteiger partial charge on any atom is -0.378 e. The van der Waals surface area contributed by atoms with Crippen molar-refractivity contribution in [2.45, 2.75) is 37.1 Å². The molecule has 1 aromatic carbocycles. The zero-order valence-corrected chi connectivity index (χ0v) is 11.6. The standard InChI is InChI=1S/C12H21N3O2S/c1-3-12(4-2,9-13)15-10-5-7-11(8-6-10)18(14,16)17/h5-8,15H,3-4,9,13H2,1-2H3,(H2,14,16,17). The molecule has 0 fully saturated rings. The van der Waals surface area contributed by atoms with Crippen LogP contribution in [-0.2, 0) is 10.0 Å². The van der Waals surface area contributed by atoms with Crippen LogP contribution in [0.5, 0.6) is 0 Å². The quantitative estimate of drug-likeness (QED) is 0.725. The first-order valence-corrected chi connectivity index (χ1v) is 7.52. The van der Waals surface area contributed by atoms with Gasteiger partial charge in [-0.2, -0.15) is 0 Å². The van der Waals surface area contributed by atoms with Crippen molar-refractivity contribution in [2.24, 2.45) is 10.9 Å². The largest absolute Gasteiger partial charge is 0.378 e. The van der Waals surface area contributed by atoms with E-state index in [1.54, 1.807) is 12.1 Å². The van der Waals surface area contributed by atoms with Crippen LogP contribution < -0.4 is 16.2 Å². The minimum atomic E-state index is -3.63. The van der Waals surface area contributed by atoms with E-state index in [1.165, 1.54) is 12.1 Å². The normalized spacial score (nSPS) is 12.4. The second-order valence-electron chi connectivity index (χ2n) is 4.39. The maximum Gasteiger partial charge on any atom is 0.238 e. The number of hydrogen-bond donors (Lipinski definition) is 3. The Bertz CT molecular complexity index is 470. The predicted molar refractivity (Wildman–Crippen MR) is 73.8 cm³/mol. The van der Waals surface area contributed by atoms with Crippen molar-refractivity contribution in [1.82, 2.24) is 0 Å². The van der Waals surface area contributed by atoms with E-state index in [4.69, 9.17) is 10.9 Å². The van der Waals surface area contributed by atoms with Crippen LogP contribution in [0.4, 0.5) is 5.69 Å². The number of anilines is 1. The van der Waals surface area contributed by atoms with Gasteiger partial charge in [-0.05, 0) is 37.1 Å². The third kappa shape index (κ3) is 3.44. The molecular formula is C12H21N3O2S. The van der Waals surface area contributed by atoms with Gasteiger partial charge in [-0.3, -0.25) is 0 Å². The fourth-order valence-corrected chi connectivity index (χ4v) is 2.32. The lowest BCUT2D eigenvalue weighted by Gasteiger charge is -2.32. The van der Waals surface area contributed by atoms with Gasteiger partial charge in [-0.25, -0.2) is 13.6 Å². The van der Waals surface area contributed by atoms with E-state index >= 15 is 0 Å². The SMILES string of the molecule is CCC(CC)(CN)Nc1ccc(S(N)(=O)=O)cc1. The van der Waals surface area contributed by atoms with E-state index in [2.05, 4.69) is 19.2 Å². The molecule has 1 aromatic rings. The Labute approximate surface area is 109 Å². The Balaban J connectivity index is 2.93. The molecule has 0 heterocycles. The average molecular weight is 271 g/mol. The van der Waals surface area contributed by atoms with Crippen LogP contribution in [0, 0.1) is 0 Å². The summed E-state index contributed by atoms with van der Waals surface area (Å²) in [4.78, 5) is 0.111. The molecule has 0 aliphatic rings. The highest BCUT2D eigenvalue weighted by atomic mass is 32.2. The Morgan fingerprint density at radius 1 is 1.17 bits per heavy atom. The highest BCUT2D eigenvalue weighted by molar-refractivity contribution is 7.89. The summed E-state index contributed by atoms with van der Waals surface area (Å²) >= 11 is 0. The molecule has 0 unspecified atom stereocenters. The van der Waals surface area contributed by atoms with Gasteiger partial charge in [0.2, 0.25) is 10.0 Å². The topological polar surface area (TPSA) is 98.2 Å². The van der Waals surface area contributed by atoms with Crippen molar-refractivity contribution in [3.05, 3.63) is 24.3 Å². The molecule has 0 amide bonds. The van der Waals surface area contributed by atoms with Gasteiger partial charge >= 0.3 is 0 Å². The van der Waals surface area contributed by atoms with Crippen LogP contribution >= 0.6 is 0 Å². The number of rotatable bonds is 6. The second-order valence-corrected chi connectivity index (χ2v) is 5.95. The van der Waals surface area contributed by atoms with Crippen LogP contribution in [0.15, 0.2) is 29.2 Å². The third-order valence-electron chi connectivity index (χ3n) is 3.34. The van der Waals surface area contributed by atoms with E-state index in [0.717, 1.165) is 18.5 Å². The summed E-state index contributed by atoms with van der Waals surface area (Å²) in [6.45, 7) is 4.67. The molecule has 0 saturated carbocycles. The fourth-order valence-electron chi connectivity index (χ4n) is 1.80. The first-order chi connectivity index (χ1) is 8.37. The van der Waals surface area contributed by atoms with Crippen molar-refractivity contribution in [3.63, 3.8) is 0 Å². The number of nitrogens with two attached hydrogens (primary N) is 2. The van der Waals surface area contributed by atoms with Crippen molar-refractivity contribution in [3.8, 4) is 0 Å². The molecule has 102 valence electrons. The van der Waals surface area contributed by atoms with Crippen LogP contribution in [0.2, 0.25) is 0 Å². The molecule has 0 aromatic heterocycles. The molecule has 0 spiro atoms. The van der Waals surface area contributed by atoms with Crippen molar-refractivity contribution in [2.75, 3.05) is 11.9 Å².